The number of benzene rings is 1. The van der Waals surface area contributed by atoms with Crippen LogP contribution in [0.5, 0.6) is 0 Å². The highest BCUT2D eigenvalue weighted by molar-refractivity contribution is 6.35. The number of hydrogen-bond acceptors (Lipinski definition) is 3. The van der Waals surface area contributed by atoms with Gasteiger partial charge in [-0.2, -0.15) is 0 Å². The van der Waals surface area contributed by atoms with Gasteiger partial charge >= 0.3 is 0 Å². The van der Waals surface area contributed by atoms with Gasteiger partial charge in [0, 0.05) is 35.0 Å². The summed E-state index contributed by atoms with van der Waals surface area (Å²) in [6.45, 7) is 0.500. The third kappa shape index (κ3) is 5.36. The summed E-state index contributed by atoms with van der Waals surface area (Å²) in [6.07, 6.45) is 10.2. The summed E-state index contributed by atoms with van der Waals surface area (Å²) < 4.78 is 0. The van der Waals surface area contributed by atoms with Crippen LogP contribution in [-0.4, -0.2) is 23.5 Å². The lowest BCUT2D eigenvalue weighted by Crippen LogP contribution is -2.26. The van der Waals surface area contributed by atoms with Crippen LogP contribution >= 0.6 is 23.2 Å². The number of pyridine rings is 1. The lowest BCUT2D eigenvalue weighted by molar-refractivity contribution is 0.0954. The highest BCUT2D eigenvalue weighted by Crippen LogP contribution is 2.22. The number of halogens is 2. The smallest absolute Gasteiger partial charge is 0.252 e. The minimum Gasteiger partial charge on any atom is -0.381 e. The van der Waals surface area contributed by atoms with Gasteiger partial charge in [0.2, 0.25) is 0 Å². The van der Waals surface area contributed by atoms with E-state index < -0.39 is 0 Å². The molecule has 0 saturated heterocycles. The second kappa shape index (κ2) is 9.24. The molecule has 4 nitrogen and oxygen atoms in total. The number of carbonyl (C=O) groups excluding carboxylic acids is 1. The van der Waals surface area contributed by atoms with E-state index in [1.807, 2.05) is 12.1 Å². The molecule has 1 aliphatic rings. The van der Waals surface area contributed by atoms with Crippen LogP contribution in [0.1, 0.15) is 48.0 Å². The summed E-state index contributed by atoms with van der Waals surface area (Å²) in [5.74, 6) is -0.130. The predicted octanol–water partition coefficient (Wildman–Crippen LogP) is 5.11. The average molecular weight is 392 g/mol. The van der Waals surface area contributed by atoms with E-state index in [1.54, 1.807) is 24.5 Å². The fraction of sp³-hybridized carbons (Fsp3) is 0.400. The van der Waals surface area contributed by atoms with Crippen molar-refractivity contribution in [2.24, 2.45) is 0 Å². The van der Waals surface area contributed by atoms with E-state index in [9.17, 15) is 4.79 Å². The zero-order valence-corrected chi connectivity index (χ0v) is 16.1. The molecule has 6 heteroatoms. The summed E-state index contributed by atoms with van der Waals surface area (Å²) in [6, 6.07) is 7.75. The summed E-state index contributed by atoms with van der Waals surface area (Å²) in [5, 5.41) is 7.65. The Morgan fingerprint density at radius 2 is 1.92 bits per heavy atom. The number of rotatable bonds is 6. The molecule has 1 aromatic heterocycles. The molecule has 1 fully saturated rings. The maximum atomic E-state index is 12.4. The monoisotopic (exact) mass is 391 g/mol. The Morgan fingerprint density at radius 3 is 2.69 bits per heavy atom. The molecule has 0 spiro atoms. The summed E-state index contributed by atoms with van der Waals surface area (Å²) in [7, 11) is 0. The summed E-state index contributed by atoms with van der Waals surface area (Å²) in [4.78, 5) is 16.6. The SMILES string of the molecule is O=C(NCCc1ccc(Cl)cc1Cl)c1cncc(NC2CCCCC2)c1. The van der Waals surface area contributed by atoms with Gasteiger partial charge in [-0.3, -0.25) is 9.78 Å². The van der Waals surface area contributed by atoms with Crippen molar-refractivity contribution in [2.45, 2.75) is 44.6 Å². The molecule has 0 bridgehead atoms. The average Bonchev–Trinajstić information content (AvgIpc) is 2.64. The predicted molar refractivity (Wildman–Crippen MR) is 107 cm³/mol. The highest BCUT2D eigenvalue weighted by atomic mass is 35.5. The van der Waals surface area contributed by atoms with Crippen LogP contribution in [0.3, 0.4) is 0 Å². The van der Waals surface area contributed by atoms with Crippen molar-refractivity contribution in [1.82, 2.24) is 10.3 Å². The quantitative estimate of drug-likeness (QED) is 0.719. The number of aromatic nitrogens is 1. The summed E-state index contributed by atoms with van der Waals surface area (Å²) in [5.41, 5.74) is 2.43. The molecule has 0 aliphatic heterocycles. The highest BCUT2D eigenvalue weighted by Gasteiger charge is 2.14. The molecule has 0 atom stereocenters. The lowest BCUT2D eigenvalue weighted by Gasteiger charge is -2.23. The van der Waals surface area contributed by atoms with Crippen molar-refractivity contribution in [3.05, 3.63) is 57.8 Å². The molecule has 1 aliphatic carbocycles. The normalized spacial score (nSPS) is 14.8. The fourth-order valence-electron chi connectivity index (χ4n) is 3.26. The minimum atomic E-state index is -0.130. The molecule has 1 amide bonds. The molecule has 138 valence electrons. The second-order valence-corrected chi connectivity index (χ2v) is 7.53. The van der Waals surface area contributed by atoms with E-state index in [0.717, 1.165) is 11.3 Å². The van der Waals surface area contributed by atoms with Crippen LogP contribution < -0.4 is 10.6 Å². The van der Waals surface area contributed by atoms with Crippen molar-refractivity contribution in [2.75, 3.05) is 11.9 Å². The van der Waals surface area contributed by atoms with Gasteiger partial charge in [0.1, 0.15) is 0 Å². The van der Waals surface area contributed by atoms with E-state index >= 15 is 0 Å². The minimum absolute atomic E-state index is 0.130. The third-order valence-electron chi connectivity index (χ3n) is 4.67. The van der Waals surface area contributed by atoms with Gasteiger partial charge < -0.3 is 10.6 Å². The number of nitrogens with one attached hydrogen (secondary N) is 2. The van der Waals surface area contributed by atoms with Crippen LogP contribution in [0.15, 0.2) is 36.7 Å². The summed E-state index contributed by atoms with van der Waals surface area (Å²) >= 11 is 12.1. The zero-order chi connectivity index (χ0) is 18.4. The van der Waals surface area contributed by atoms with Gasteiger partial charge in [-0.15, -0.1) is 0 Å². The van der Waals surface area contributed by atoms with Gasteiger partial charge in [0.15, 0.2) is 0 Å². The van der Waals surface area contributed by atoms with E-state index in [2.05, 4.69) is 15.6 Å². The second-order valence-electron chi connectivity index (χ2n) is 6.68. The number of amides is 1. The Bertz CT molecular complexity index is 760. The molecule has 3 rings (SSSR count). The Balaban J connectivity index is 1.53. The molecule has 26 heavy (non-hydrogen) atoms. The van der Waals surface area contributed by atoms with Crippen LogP contribution in [-0.2, 0) is 6.42 Å². The van der Waals surface area contributed by atoms with Crippen molar-refractivity contribution in [3.8, 4) is 0 Å². The van der Waals surface area contributed by atoms with Crippen molar-refractivity contribution in [1.29, 1.82) is 0 Å². The molecule has 1 aromatic carbocycles. The first-order valence-electron chi connectivity index (χ1n) is 9.05. The largest absolute Gasteiger partial charge is 0.381 e. The first-order chi connectivity index (χ1) is 12.6. The fourth-order valence-corrected chi connectivity index (χ4v) is 3.77. The van der Waals surface area contributed by atoms with Crippen LogP contribution in [0, 0.1) is 0 Å². The zero-order valence-electron chi connectivity index (χ0n) is 14.6. The van der Waals surface area contributed by atoms with Gasteiger partial charge in [0.25, 0.3) is 5.91 Å². The van der Waals surface area contributed by atoms with Crippen LogP contribution in [0.2, 0.25) is 10.0 Å². The van der Waals surface area contributed by atoms with Gasteiger partial charge in [-0.05, 0) is 43.0 Å². The lowest BCUT2D eigenvalue weighted by atomic mass is 9.95. The number of hydrogen-bond donors (Lipinski definition) is 2. The molecule has 1 heterocycles. The molecule has 1 saturated carbocycles. The van der Waals surface area contributed by atoms with E-state index in [4.69, 9.17) is 23.2 Å². The molecule has 2 aromatic rings. The van der Waals surface area contributed by atoms with Crippen molar-refractivity contribution in [3.63, 3.8) is 0 Å². The maximum Gasteiger partial charge on any atom is 0.252 e. The maximum absolute atomic E-state index is 12.4. The Kier molecular flexibility index (Phi) is 6.75. The Labute approximate surface area is 164 Å². The number of carbonyl (C=O) groups is 1. The topological polar surface area (TPSA) is 54.0 Å². The van der Waals surface area contributed by atoms with E-state index in [1.165, 1.54) is 32.1 Å². The van der Waals surface area contributed by atoms with Gasteiger partial charge in [0.05, 0.1) is 11.3 Å². The molecule has 0 radical (unpaired) electrons. The Morgan fingerprint density at radius 1 is 1.12 bits per heavy atom. The van der Waals surface area contributed by atoms with E-state index in [-0.39, 0.29) is 5.91 Å². The molecular formula is C20H23Cl2N3O. The van der Waals surface area contributed by atoms with Crippen LogP contribution in [0.25, 0.3) is 0 Å². The standard InChI is InChI=1S/C20H23Cl2N3O/c21-16-7-6-14(19(22)11-16)8-9-24-20(26)15-10-18(13-23-12-15)25-17-4-2-1-3-5-17/h6-7,10-13,17,25H,1-5,8-9H2,(H,24,26). The van der Waals surface area contributed by atoms with Gasteiger partial charge in [-0.1, -0.05) is 48.5 Å². The van der Waals surface area contributed by atoms with Crippen molar-refractivity contribution >= 4 is 34.8 Å². The number of nitrogens with zero attached hydrogens (tertiary/aromatic N) is 1. The first-order valence-corrected chi connectivity index (χ1v) is 9.81. The van der Waals surface area contributed by atoms with E-state index in [0.29, 0.717) is 34.6 Å². The molecule has 2 N–H and O–H groups in total. The number of anilines is 1. The Hall–Kier alpha value is -1.78. The first kappa shape index (κ1) is 19.0. The van der Waals surface area contributed by atoms with Crippen LogP contribution in [0.4, 0.5) is 5.69 Å². The third-order valence-corrected chi connectivity index (χ3v) is 5.26. The van der Waals surface area contributed by atoms with Crippen molar-refractivity contribution < 1.29 is 4.79 Å². The van der Waals surface area contributed by atoms with Gasteiger partial charge in [-0.25, -0.2) is 0 Å². The molecular weight excluding hydrogens is 369 g/mol. The molecule has 0 unspecified atom stereocenters.